The minimum Gasteiger partial charge on any atom is -0.389 e. The highest BCUT2D eigenvalue weighted by Crippen LogP contribution is 2.27. The number of aromatic amines is 1. The lowest BCUT2D eigenvalue weighted by Gasteiger charge is -2.33. The summed E-state index contributed by atoms with van der Waals surface area (Å²) in [5.74, 6) is 1.59. The number of ether oxygens (including phenoxy) is 1. The number of H-pyrrole nitrogens is 1. The number of aliphatic hydroxyl groups excluding tert-OH is 1. The topological polar surface area (TPSA) is 61.4 Å². The minimum absolute atomic E-state index is 0.199. The quantitative estimate of drug-likeness (QED) is 0.884. The Hall–Kier alpha value is -1.43. The van der Waals surface area contributed by atoms with Crippen LogP contribution in [-0.2, 0) is 4.74 Å². The number of fused-ring (bicyclic) bond motifs is 1. The normalized spacial score (nSPS) is 19.0. The molecule has 1 atom stereocenters. The van der Waals surface area contributed by atoms with Gasteiger partial charge in [-0.25, -0.2) is 4.98 Å². The summed E-state index contributed by atoms with van der Waals surface area (Å²) in [5, 5.41) is 10.2. The van der Waals surface area contributed by atoms with E-state index in [9.17, 15) is 5.11 Å². The fraction of sp³-hybridized carbons (Fsp3) is 0.632. The Labute approximate surface area is 144 Å². The molecule has 3 rings (SSSR count). The predicted molar refractivity (Wildman–Crippen MR) is 96.2 cm³/mol. The highest BCUT2D eigenvalue weighted by Gasteiger charge is 2.24. The van der Waals surface area contributed by atoms with Crippen LogP contribution < -0.4 is 0 Å². The molecule has 1 aliphatic heterocycles. The van der Waals surface area contributed by atoms with E-state index in [2.05, 4.69) is 22.0 Å². The van der Waals surface area contributed by atoms with Gasteiger partial charge in [-0.15, -0.1) is 0 Å². The lowest BCUT2D eigenvalue weighted by molar-refractivity contribution is -0.0573. The van der Waals surface area contributed by atoms with Crippen LogP contribution in [0.1, 0.15) is 45.4 Å². The number of imidazole rings is 1. The number of hydrogen-bond donors (Lipinski definition) is 2. The Balaban J connectivity index is 1.48. The summed E-state index contributed by atoms with van der Waals surface area (Å²) >= 11 is 0. The second-order valence-corrected chi connectivity index (χ2v) is 7.79. The number of β-amino-alcohol motifs (C(OH)–C–C–N with tert-alkyl or cyclic N) is 1. The summed E-state index contributed by atoms with van der Waals surface area (Å²) in [6.45, 7) is 9.11. The number of likely N-dealkylation sites (tertiary alicyclic amines) is 1. The number of rotatable bonds is 5. The number of para-hydroxylation sites is 2. The Bertz CT molecular complexity index is 621. The summed E-state index contributed by atoms with van der Waals surface area (Å²) < 4.78 is 5.67. The maximum atomic E-state index is 10.2. The average molecular weight is 331 g/mol. The van der Waals surface area contributed by atoms with Crippen molar-refractivity contribution in [2.75, 3.05) is 26.2 Å². The molecule has 2 N–H and O–H groups in total. The van der Waals surface area contributed by atoms with Crippen LogP contribution in [0.25, 0.3) is 11.0 Å². The van der Waals surface area contributed by atoms with Gasteiger partial charge < -0.3 is 19.7 Å². The van der Waals surface area contributed by atoms with Gasteiger partial charge in [0.05, 0.1) is 29.3 Å². The largest absolute Gasteiger partial charge is 0.389 e. The standard InChI is InChI=1S/C19H29N3O2/c1-19(2,3)24-13-15(23)12-22-10-8-14(9-11-22)18-20-16-6-4-5-7-17(16)21-18/h4-7,14-15,23H,8-13H2,1-3H3,(H,20,21). The number of hydrogen-bond acceptors (Lipinski definition) is 4. The smallest absolute Gasteiger partial charge is 0.110 e. The zero-order valence-corrected chi connectivity index (χ0v) is 15.0. The molecule has 1 aromatic heterocycles. The summed E-state index contributed by atoms with van der Waals surface area (Å²) in [5.41, 5.74) is 1.96. The molecule has 132 valence electrons. The van der Waals surface area contributed by atoms with Crippen molar-refractivity contribution in [3.05, 3.63) is 30.1 Å². The van der Waals surface area contributed by atoms with Crippen LogP contribution in [-0.4, -0.2) is 57.9 Å². The van der Waals surface area contributed by atoms with Gasteiger partial charge >= 0.3 is 0 Å². The molecular weight excluding hydrogens is 302 g/mol. The Morgan fingerprint density at radius 3 is 2.67 bits per heavy atom. The highest BCUT2D eigenvalue weighted by molar-refractivity contribution is 5.74. The van der Waals surface area contributed by atoms with Gasteiger partial charge in [0.25, 0.3) is 0 Å². The third kappa shape index (κ3) is 4.56. The van der Waals surface area contributed by atoms with E-state index in [0.717, 1.165) is 42.8 Å². The van der Waals surface area contributed by atoms with Crippen molar-refractivity contribution in [2.45, 2.75) is 51.2 Å². The molecule has 0 spiro atoms. The van der Waals surface area contributed by atoms with Crippen molar-refractivity contribution < 1.29 is 9.84 Å². The van der Waals surface area contributed by atoms with Gasteiger partial charge in [-0.3, -0.25) is 0 Å². The van der Waals surface area contributed by atoms with Crippen molar-refractivity contribution in [1.29, 1.82) is 0 Å². The van der Waals surface area contributed by atoms with E-state index in [1.165, 1.54) is 0 Å². The summed E-state index contributed by atoms with van der Waals surface area (Å²) in [4.78, 5) is 10.5. The van der Waals surface area contributed by atoms with Crippen LogP contribution in [0.2, 0.25) is 0 Å². The van der Waals surface area contributed by atoms with Crippen LogP contribution in [0.15, 0.2) is 24.3 Å². The van der Waals surface area contributed by atoms with Crippen molar-refractivity contribution in [3.8, 4) is 0 Å². The van der Waals surface area contributed by atoms with Crippen molar-refractivity contribution in [2.24, 2.45) is 0 Å². The summed E-state index contributed by atoms with van der Waals surface area (Å²) in [6, 6.07) is 8.19. The number of benzene rings is 1. The number of aliphatic hydroxyl groups is 1. The van der Waals surface area contributed by atoms with Gasteiger partial charge in [0, 0.05) is 12.5 Å². The van der Waals surface area contributed by atoms with E-state index in [-0.39, 0.29) is 5.60 Å². The van der Waals surface area contributed by atoms with Gasteiger partial charge in [-0.05, 0) is 58.8 Å². The fourth-order valence-electron chi connectivity index (χ4n) is 3.25. The van der Waals surface area contributed by atoms with Gasteiger partial charge in [0.1, 0.15) is 5.82 Å². The van der Waals surface area contributed by atoms with Crippen molar-refractivity contribution >= 4 is 11.0 Å². The maximum absolute atomic E-state index is 10.2. The molecule has 24 heavy (non-hydrogen) atoms. The first-order valence-corrected chi connectivity index (χ1v) is 8.90. The van der Waals surface area contributed by atoms with E-state index in [0.29, 0.717) is 19.1 Å². The minimum atomic E-state index is -0.424. The molecule has 1 fully saturated rings. The van der Waals surface area contributed by atoms with Gasteiger partial charge in [0.15, 0.2) is 0 Å². The third-order valence-corrected chi connectivity index (χ3v) is 4.56. The summed E-state index contributed by atoms with van der Waals surface area (Å²) in [6.07, 6.45) is 1.73. The zero-order chi connectivity index (χ0) is 17.2. The molecule has 1 aromatic carbocycles. The molecule has 0 radical (unpaired) electrons. The van der Waals surface area contributed by atoms with E-state index in [4.69, 9.17) is 9.72 Å². The Kier molecular flexibility index (Phi) is 5.23. The third-order valence-electron chi connectivity index (χ3n) is 4.56. The molecule has 2 aromatic rings. The molecule has 0 bridgehead atoms. The van der Waals surface area contributed by atoms with E-state index < -0.39 is 6.10 Å². The highest BCUT2D eigenvalue weighted by atomic mass is 16.5. The van der Waals surface area contributed by atoms with E-state index >= 15 is 0 Å². The molecule has 0 aliphatic carbocycles. The van der Waals surface area contributed by atoms with Gasteiger partial charge in [-0.2, -0.15) is 0 Å². The molecule has 5 nitrogen and oxygen atoms in total. The van der Waals surface area contributed by atoms with Gasteiger partial charge in [-0.1, -0.05) is 12.1 Å². The lowest BCUT2D eigenvalue weighted by Crippen LogP contribution is -2.41. The second kappa shape index (κ2) is 7.21. The maximum Gasteiger partial charge on any atom is 0.110 e. The Morgan fingerprint density at radius 1 is 1.29 bits per heavy atom. The average Bonchev–Trinajstić information content (AvgIpc) is 2.97. The van der Waals surface area contributed by atoms with E-state index in [1.54, 1.807) is 0 Å². The monoisotopic (exact) mass is 331 g/mol. The number of piperidine rings is 1. The second-order valence-electron chi connectivity index (χ2n) is 7.79. The van der Waals surface area contributed by atoms with Gasteiger partial charge in [0.2, 0.25) is 0 Å². The fourth-order valence-corrected chi connectivity index (χ4v) is 3.25. The predicted octanol–water partition coefficient (Wildman–Crippen LogP) is 2.92. The van der Waals surface area contributed by atoms with Crippen LogP contribution >= 0.6 is 0 Å². The number of aromatic nitrogens is 2. The first-order chi connectivity index (χ1) is 11.4. The molecule has 2 heterocycles. The number of nitrogens with zero attached hydrogens (tertiary/aromatic N) is 2. The molecule has 1 unspecified atom stereocenters. The van der Waals surface area contributed by atoms with Crippen LogP contribution in [0.5, 0.6) is 0 Å². The van der Waals surface area contributed by atoms with Crippen molar-refractivity contribution in [1.82, 2.24) is 14.9 Å². The first kappa shape index (κ1) is 17.4. The SMILES string of the molecule is CC(C)(C)OCC(O)CN1CCC(c2nc3ccccc3[nH]2)CC1. The molecule has 0 saturated carbocycles. The van der Waals surface area contributed by atoms with Crippen LogP contribution in [0, 0.1) is 0 Å². The number of nitrogens with one attached hydrogen (secondary N) is 1. The zero-order valence-electron chi connectivity index (χ0n) is 15.0. The van der Waals surface area contributed by atoms with Crippen molar-refractivity contribution in [3.63, 3.8) is 0 Å². The molecular formula is C19H29N3O2. The molecule has 5 heteroatoms. The molecule has 0 amide bonds. The molecule has 1 aliphatic rings. The van der Waals surface area contributed by atoms with E-state index in [1.807, 2.05) is 32.9 Å². The van der Waals surface area contributed by atoms with Crippen LogP contribution in [0.3, 0.4) is 0 Å². The first-order valence-electron chi connectivity index (χ1n) is 8.90. The Morgan fingerprint density at radius 2 is 2.00 bits per heavy atom. The summed E-state index contributed by atoms with van der Waals surface area (Å²) in [7, 11) is 0. The molecule has 1 saturated heterocycles. The lowest BCUT2D eigenvalue weighted by atomic mass is 9.96. The van der Waals surface area contributed by atoms with Crippen LogP contribution in [0.4, 0.5) is 0 Å².